The van der Waals surface area contributed by atoms with Crippen molar-refractivity contribution in [2.75, 3.05) is 19.6 Å². The van der Waals surface area contributed by atoms with Crippen LogP contribution in [0.5, 0.6) is 0 Å². The molecule has 0 aromatic rings. The van der Waals surface area contributed by atoms with Crippen LogP contribution in [0.3, 0.4) is 0 Å². The molecule has 94 valence electrons. The van der Waals surface area contributed by atoms with Crippen LogP contribution in [0.1, 0.15) is 39.0 Å². The second-order valence-electron chi connectivity index (χ2n) is 4.73. The van der Waals surface area contributed by atoms with Crippen LogP contribution in [0.15, 0.2) is 0 Å². The maximum absolute atomic E-state index is 11.8. The molecule has 2 unspecified atom stereocenters. The molecule has 1 saturated heterocycles. The fourth-order valence-corrected chi connectivity index (χ4v) is 2.16. The molecule has 1 fully saturated rings. The highest BCUT2D eigenvalue weighted by molar-refractivity contribution is 5.76. The Bertz CT molecular complexity index is 219. The van der Waals surface area contributed by atoms with Crippen LogP contribution >= 0.6 is 0 Å². The summed E-state index contributed by atoms with van der Waals surface area (Å²) in [6, 6.07) is 0. The monoisotopic (exact) mass is 228 g/mol. The molecule has 4 heteroatoms. The number of hydrogen-bond donors (Lipinski definition) is 2. The normalized spacial score (nSPS) is 22.4. The Morgan fingerprint density at radius 2 is 2.25 bits per heavy atom. The summed E-state index contributed by atoms with van der Waals surface area (Å²) in [5.74, 6) is 0.508. The van der Waals surface area contributed by atoms with Gasteiger partial charge in [0.2, 0.25) is 5.91 Å². The van der Waals surface area contributed by atoms with Crippen molar-refractivity contribution in [2.24, 2.45) is 11.7 Å². The van der Waals surface area contributed by atoms with Crippen molar-refractivity contribution in [3.8, 4) is 0 Å². The molecular weight excluding hydrogens is 204 g/mol. The van der Waals surface area contributed by atoms with Gasteiger partial charge < -0.3 is 15.7 Å². The molecule has 1 heterocycles. The first-order chi connectivity index (χ1) is 7.65. The summed E-state index contributed by atoms with van der Waals surface area (Å²) in [6.07, 6.45) is 4.25. The summed E-state index contributed by atoms with van der Waals surface area (Å²) in [6.45, 7) is 4.06. The molecule has 0 aromatic carbocycles. The van der Waals surface area contributed by atoms with E-state index in [9.17, 15) is 9.90 Å². The minimum absolute atomic E-state index is 0.236. The lowest BCUT2D eigenvalue weighted by molar-refractivity contribution is -0.130. The SMILES string of the molecule is CC(O)C1CCN(C(=O)CCCCCN)C1. The molecule has 0 radical (unpaired) electrons. The summed E-state index contributed by atoms with van der Waals surface area (Å²) in [4.78, 5) is 13.7. The number of unbranched alkanes of at least 4 members (excludes halogenated alkanes) is 2. The highest BCUT2D eigenvalue weighted by Crippen LogP contribution is 2.20. The Hall–Kier alpha value is -0.610. The average molecular weight is 228 g/mol. The van der Waals surface area contributed by atoms with E-state index >= 15 is 0 Å². The number of amides is 1. The quantitative estimate of drug-likeness (QED) is 0.659. The molecule has 0 aliphatic carbocycles. The smallest absolute Gasteiger partial charge is 0.222 e. The highest BCUT2D eigenvalue weighted by atomic mass is 16.3. The van der Waals surface area contributed by atoms with Crippen molar-refractivity contribution in [3.63, 3.8) is 0 Å². The molecule has 4 nitrogen and oxygen atoms in total. The summed E-state index contributed by atoms with van der Waals surface area (Å²) in [5.41, 5.74) is 5.40. The first-order valence-corrected chi connectivity index (χ1v) is 6.31. The third kappa shape index (κ3) is 4.10. The second-order valence-corrected chi connectivity index (χ2v) is 4.73. The van der Waals surface area contributed by atoms with Crippen molar-refractivity contribution in [2.45, 2.75) is 45.1 Å². The molecule has 0 bridgehead atoms. The number of nitrogens with two attached hydrogens (primary N) is 1. The van der Waals surface area contributed by atoms with Crippen LogP contribution in [0.25, 0.3) is 0 Å². The molecule has 1 aliphatic heterocycles. The van der Waals surface area contributed by atoms with Crippen molar-refractivity contribution in [1.29, 1.82) is 0 Å². The van der Waals surface area contributed by atoms with Crippen molar-refractivity contribution in [3.05, 3.63) is 0 Å². The summed E-state index contributed by atoms with van der Waals surface area (Å²) in [5, 5.41) is 9.45. The first kappa shape index (κ1) is 13.5. The number of carbonyl (C=O) groups excluding carboxylic acids is 1. The van der Waals surface area contributed by atoms with Gasteiger partial charge in [0.05, 0.1) is 6.10 Å². The van der Waals surface area contributed by atoms with Crippen LogP contribution in [0.4, 0.5) is 0 Å². The number of rotatable bonds is 6. The Morgan fingerprint density at radius 3 is 2.81 bits per heavy atom. The van der Waals surface area contributed by atoms with Crippen molar-refractivity contribution < 1.29 is 9.90 Å². The lowest BCUT2D eigenvalue weighted by atomic mass is 10.0. The predicted octanol–water partition coefficient (Wildman–Crippen LogP) is 0.735. The average Bonchev–Trinajstić information content (AvgIpc) is 2.73. The molecular formula is C12H24N2O2. The number of hydrogen-bond acceptors (Lipinski definition) is 3. The minimum atomic E-state index is -0.296. The number of likely N-dealkylation sites (tertiary alicyclic amines) is 1. The Morgan fingerprint density at radius 1 is 1.50 bits per heavy atom. The van der Waals surface area contributed by atoms with Crippen molar-refractivity contribution >= 4 is 5.91 Å². The number of aliphatic hydroxyl groups is 1. The number of carbonyl (C=O) groups is 1. The lowest BCUT2D eigenvalue weighted by Crippen LogP contribution is -2.30. The Balaban J connectivity index is 2.18. The van der Waals surface area contributed by atoms with Gasteiger partial charge in [-0.3, -0.25) is 4.79 Å². The Labute approximate surface area is 97.8 Å². The second kappa shape index (κ2) is 6.86. The van der Waals surface area contributed by atoms with Crippen LogP contribution in [0, 0.1) is 5.92 Å². The van der Waals surface area contributed by atoms with Crippen LogP contribution < -0.4 is 5.73 Å². The van der Waals surface area contributed by atoms with E-state index in [4.69, 9.17) is 5.73 Å². The van der Waals surface area contributed by atoms with E-state index in [1.807, 2.05) is 4.90 Å². The minimum Gasteiger partial charge on any atom is -0.393 e. The molecule has 0 saturated carbocycles. The van der Waals surface area contributed by atoms with E-state index in [1.54, 1.807) is 6.92 Å². The van der Waals surface area contributed by atoms with Crippen LogP contribution in [0.2, 0.25) is 0 Å². The van der Waals surface area contributed by atoms with Gasteiger partial charge in [-0.05, 0) is 32.7 Å². The van der Waals surface area contributed by atoms with Crippen LogP contribution in [-0.4, -0.2) is 41.7 Å². The third-order valence-electron chi connectivity index (χ3n) is 3.35. The van der Waals surface area contributed by atoms with E-state index in [1.165, 1.54) is 0 Å². The zero-order valence-corrected chi connectivity index (χ0v) is 10.2. The van der Waals surface area contributed by atoms with E-state index < -0.39 is 0 Å². The highest BCUT2D eigenvalue weighted by Gasteiger charge is 2.28. The maximum Gasteiger partial charge on any atom is 0.222 e. The number of aliphatic hydroxyl groups excluding tert-OH is 1. The van der Waals surface area contributed by atoms with E-state index in [0.717, 1.165) is 38.8 Å². The van der Waals surface area contributed by atoms with E-state index in [2.05, 4.69) is 0 Å². The molecule has 1 aliphatic rings. The predicted molar refractivity (Wildman–Crippen MR) is 63.9 cm³/mol. The molecule has 1 rings (SSSR count). The molecule has 1 amide bonds. The summed E-state index contributed by atoms with van der Waals surface area (Å²) < 4.78 is 0. The number of nitrogens with zero attached hydrogens (tertiary/aromatic N) is 1. The molecule has 3 N–H and O–H groups in total. The topological polar surface area (TPSA) is 66.6 Å². The largest absolute Gasteiger partial charge is 0.393 e. The molecule has 16 heavy (non-hydrogen) atoms. The maximum atomic E-state index is 11.8. The van der Waals surface area contributed by atoms with E-state index in [0.29, 0.717) is 13.0 Å². The lowest BCUT2D eigenvalue weighted by Gasteiger charge is -2.17. The third-order valence-corrected chi connectivity index (χ3v) is 3.35. The van der Waals surface area contributed by atoms with Crippen LogP contribution in [-0.2, 0) is 4.79 Å². The van der Waals surface area contributed by atoms with Crippen molar-refractivity contribution in [1.82, 2.24) is 4.90 Å². The summed E-state index contributed by atoms with van der Waals surface area (Å²) >= 11 is 0. The van der Waals surface area contributed by atoms with Gasteiger partial charge in [0.15, 0.2) is 0 Å². The van der Waals surface area contributed by atoms with Gasteiger partial charge in [0, 0.05) is 25.4 Å². The molecule has 0 spiro atoms. The van der Waals surface area contributed by atoms with Gasteiger partial charge in [-0.1, -0.05) is 6.42 Å². The molecule has 0 aromatic heterocycles. The fraction of sp³-hybridized carbons (Fsp3) is 0.917. The van der Waals surface area contributed by atoms with Gasteiger partial charge in [-0.15, -0.1) is 0 Å². The standard InChI is InChI=1S/C12H24N2O2/c1-10(15)11-6-8-14(9-11)12(16)5-3-2-4-7-13/h10-11,15H,2-9,13H2,1H3. The Kier molecular flexibility index (Phi) is 5.77. The summed E-state index contributed by atoms with van der Waals surface area (Å²) in [7, 11) is 0. The van der Waals surface area contributed by atoms with Gasteiger partial charge >= 0.3 is 0 Å². The van der Waals surface area contributed by atoms with Gasteiger partial charge in [0.1, 0.15) is 0 Å². The van der Waals surface area contributed by atoms with Gasteiger partial charge in [-0.2, -0.15) is 0 Å². The zero-order valence-electron chi connectivity index (χ0n) is 10.2. The zero-order chi connectivity index (χ0) is 12.0. The van der Waals surface area contributed by atoms with E-state index in [-0.39, 0.29) is 17.9 Å². The molecule has 2 atom stereocenters. The fourth-order valence-electron chi connectivity index (χ4n) is 2.16. The van der Waals surface area contributed by atoms with Gasteiger partial charge in [0.25, 0.3) is 0 Å². The first-order valence-electron chi connectivity index (χ1n) is 6.31. The van der Waals surface area contributed by atoms with Gasteiger partial charge in [-0.25, -0.2) is 0 Å².